The van der Waals surface area contributed by atoms with E-state index >= 15 is 0 Å². The van der Waals surface area contributed by atoms with Gasteiger partial charge in [-0.15, -0.1) is 0 Å². The van der Waals surface area contributed by atoms with E-state index in [2.05, 4.69) is 5.32 Å². The van der Waals surface area contributed by atoms with E-state index in [0.717, 1.165) is 0 Å². The first-order valence-electron chi connectivity index (χ1n) is 4.99. The van der Waals surface area contributed by atoms with Crippen LogP contribution in [0.4, 0.5) is 5.69 Å². The maximum Gasteiger partial charge on any atom is 0.332 e. The van der Waals surface area contributed by atoms with Gasteiger partial charge in [-0.05, 0) is 25.1 Å². The number of hydrogen-bond acceptors (Lipinski definition) is 3. The van der Waals surface area contributed by atoms with Crippen molar-refractivity contribution in [3.63, 3.8) is 0 Å². The molecule has 0 radical (unpaired) electrons. The summed E-state index contributed by atoms with van der Waals surface area (Å²) in [6.07, 6.45) is -1.05. The Morgan fingerprint density at radius 1 is 1.44 bits per heavy atom. The van der Waals surface area contributed by atoms with Gasteiger partial charge in [0.25, 0.3) is 0 Å². The zero-order valence-corrected chi connectivity index (χ0v) is 11.0. The van der Waals surface area contributed by atoms with Gasteiger partial charge in [-0.1, -0.05) is 23.2 Å². The standard InChI is InChI=1S/C11H11Cl2NO4/c1-6(11(16)17)18-5-10(15)14-9-4-7(12)2-3-8(9)13/h2-4,6H,5H2,1H3,(H,14,15)(H,16,17)/t6-/m0/s1. The van der Waals surface area contributed by atoms with Gasteiger partial charge in [-0.25, -0.2) is 4.79 Å². The molecule has 2 N–H and O–H groups in total. The molecule has 0 bridgehead atoms. The molecule has 1 aromatic rings. The minimum Gasteiger partial charge on any atom is -0.479 e. The highest BCUT2D eigenvalue weighted by atomic mass is 35.5. The first kappa shape index (κ1) is 14.8. The third kappa shape index (κ3) is 4.52. The number of aliphatic carboxylic acids is 1. The number of hydrogen-bond donors (Lipinski definition) is 2. The number of amides is 1. The van der Waals surface area contributed by atoms with Crippen LogP contribution in [0.5, 0.6) is 0 Å². The Kier molecular flexibility index (Phi) is 5.40. The molecule has 0 fully saturated rings. The molecule has 0 saturated carbocycles. The third-order valence-corrected chi connectivity index (χ3v) is 2.58. The molecule has 0 aliphatic heterocycles. The SMILES string of the molecule is C[C@H](OCC(=O)Nc1cc(Cl)ccc1Cl)C(=O)O. The highest BCUT2D eigenvalue weighted by Gasteiger charge is 2.14. The van der Waals surface area contributed by atoms with E-state index in [-0.39, 0.29) is 6.61 Å². The summed E-state index contributed by atoms with van der Waals surface area (Å²) in [6.45, 7) is 0.957. The zero-order chi connectivity index (χ0) is 13.7. The van der Waals surface area contributed by atoms with Crippen LogP contribution in [-0.2, 0) is 14.3 Å². The van der Waals surface area contributed by atoms with Crippen molar-refractivity contribution in [2.45, 2.75) is 13.0 Å². The van der Waals surface area contributed by atoms with Gasteiger partial charge in [-0.2, -0.15) is 0 Å². The van der Waals surface area contributed by atoms with Gasteiger partial charge in [0.1, 0.15) is 6.61 Å². The second-order valence-electron chi connectivity index (χ2n) is 3.46. The first-order valence-corrected chi connectivity index (χ1v) is 5.75. The number of carbonyl (C=O) groups excluding carboxylic acids is 1. The molecular formula is C11H11Cl2NO4. The molecular weight excluding hydrogens is 281 g/mol. The number of carboxylic acids is 1. The predicted octanol–water partition coefficient (Wildman–Crippen LogP) is 2.42. The van der Waals surface area contributed by atoms with E-state index in [1.165, 1.54) is 13.0 Å². The number of carbonyl (C=O) groups is 2. The van der Waals surface area contributed by atoms with E-state index in [1.807, 2.05) is 0 Å². The summed E-state index contributed by atoms with van der Waals surface area (Å²) in [7, 11) is 0. The second kappa shape index (κ2) is 6.58. The summed E-state index contributed by atoms with van der Waals surface area (Å²) in [5.74, 6) is -1.64. The summed E-state index contributed by atoms with van der Waals surface area (Å²) < 4.78 is 4.82. The number of rotatable bonds is 5. The van der Waals surface area contributed by atoms with Crippen LogP contribution >= 0.6 is 23.2 Å². The molecule has 1 rings (SSSR count). The van der Waals surface area contributed by atoms with Crippen molar-refractivity contribution in [2.75, 3.05) is 11.9 Å². The fourth-order valence-electron chi connectivity index (χ4n) is 1.05. The van der Waals surface area contributed by atoms with Crippen molar-refractivity contribution >= 4 is 40.8 Å². The van der Waals surface area contributed by atoms with Crippen molar-refractivity contribution in [3.05, 3.63) is 28.2 Å². The van der Waals surface area contributed by atoms with E-state index in [1.54, 1.807) is 12.1 Å². The van der Waals surface area contributed by atoms with E-state index in [9.17, 15) is 9.59 Å². The molecule has 18 heavy (non-hydrogen) atoms. The van der Waals surface area contributed by atoms with Crippen LogP contribution in [0.1, 0.15) is 6.92 Å². The molecule has 0 saturated heterocycles. The lowest BCUT2D eigenvalue weighted by Gasteiger charge is -2.10. The van der Waals surface area contributed by atoms with Crippen molar-refractivity contribution in [2.24, 2.45) is 0 Å². The molecule has 0 aromatic heterocycles. The van der Waals surface area contributed by atoms with Crippen LogP contribution < -0.4 is 5.32 Å². The maximum atomic E-state index is 11.5. The van der Waals surface area contributed by atoms with Crippen molar-refractivity contribution in [1.82, 2.24) is 0 Å². The van der Waals surface area contributed by atoms with E-state index in [0.29, 0.717) is 15.7 Å². The van der Waals surface area contributed by atoms with Crippen LogP contribution in [0.15, 0.2) is 18.2 Å². The van der Waals surface area contributed by atoms with Crippen LogP contribution in [-0.4, -0.2) is 29.7 Å². The number of ether oxygens (including phenoxy) is 1. The van der Waals surface area contributed by atoms with Crippen LogP contribution in [0, 0.1) is 0 Å². The van der Waals surface area contributed by atoms with Gasteiger partial charge < -0.3 is 15.2 Å². The van der Waals surface area contributed by atoms with Crippen LogP contribution in [0.2, 0.25) is 10.0 Å². The molecule has 1 atom stereocenters. The summed E-state index contributed by atoms with van der Waals surface area (Å²) in [5.41, 5.74) is 0.348. The molecule has 0 aliphatic rings. The maximum absolute atomic E-state index is 11.5. The van der Waals surface area contributed by atoms with Crippen LogP contribution in [0.25, 0.3) is 0 Å². The Morgan fingerprint density at radius 3 is 2.72 bits per heavy atom. The summed E-state index contributed by atoms with van der Waals surface area (Å²) in [5, 5.41) is 11.8. The average molecular weight is 292 g/mol. The second-order valence-corrected chi connectivity index (χ2v) is 4.31. The Labute approximate surface area is 114 Å². The smallest absolute Gasteiger partial charge is 0.332 e. The molecule has 0 heterocycles. The van der Waals surface area contributed by atoms with Crippen molar-refractivity contribution in [3.8, 4) is 0 Å². The lowest BCUT2D eigenvalue weighted by molar-refractivity contribution is -0.150. The van der Waals surface area contributed by atoms with Crippen molar-refractivity contribution in [1.29, 1.82) is 0 Å². The predicted molar refractivity (Wildman–Crippen MR) is 68.1 cm³/mol. The Morgan fingerprint density at radius 2 is 2.11 bits per heavy atom. The fourth-order valence-corrected chi connectivity index (χ4v) is 1.39. The van der Waals surface area contributed by atoms with Gasteiger partial charge in [0.2, 0.25) is 5.91 Å². The molecule has 0 spiro atoms. The monoisotopic (exact) mass is 291 g/mol. The van der Waals surface area contributed by atoms with Gasteiger partial charge in [-0.3, -0.25) is 4.79 Å². The molecule has 1 aromatic carbocycles. The summed E-state index contributed by atoms with van der Waals surface area (Å²) in [4.78, 5) is 21.9. The fraction of sp³-hybridized carbons (Fsp3) is 0.273. The molecule has 0 unspecified atom stereocenters. The molecule has 98 valence electrons. The summed E-state index contributed by atoms with van der Waals surface area (Å²) >= 11 is 11.6. The quantitative estimate of drug-likeness (QED) is 0.874. The topological polar surface area (TPSA) is 75.6 Å². The summed E-state index contributed by atoms with van der Waals surface area (Å²) in [6, 6.07) is 4.62. The van der Waals surface area contributed by atoms with E-state index < -0.39 is 18.0 Å². The average Bonchev–Trinajstić information content (AvgIpc) is 2.30. The molecule has 1 amide bonds. The molecule has 7 heteroatoms. The Balaban J connectivity index is 2.54. The highest BCUT2D eigenvalue weighted by Crippen LogP contribution is 2.25. The highest BCUT2D eigenvalue weighted by molar-refractivity contribution is 6.35. The Hall–Kier alpha value is -1.30. The zero-order valence-electron chi connectivity index (χ0n) is 9.44. The number of nitrogens with one attached hydrogen (secondary N) is 1. The third-order valence-electron chi connectivity index (χ3n) is 2.01. The minimum atomic E-state index is -1.14. The number of carboxylic acid groups (broad SMARTS) is 1. The van der Waals surface area contributed by atoms with Gasteiger partial charge in [0, 0.05) is 5.02 Å². The number of benzene rings is 1. The number of anilines is 1. The Bertz CT molecular complexity index is 464. The van der Waals surface area contributed by atoms with Gasteiger partial charge in [0.15, 0.2) is 6.10 Å². The lowest BCUT2D eigenvalue weighted by atomic mass is 10.3. The lowest BCUT2D eigenvalue weighted by Crippen LogP contribution is -2.26. The molecule has 0 aliphatic carbocycles. The molecule has 5 nitrogen and oxygen atoms in total. The van der Waals surface area contributed by atoms with E-state index in [4.69, 9.17) is 33.0 Å². The largest absolute Gasteiger partial charge is 0.479 e. The van der Waals surface area contributed by atoms with Gasteiger partial charge in [0.05, 0.1) is 10.7 Å². The van der Waals surface area contributed by atoms with Crippen molar-refractivity contribution < 1.29 is 19.4 Å². The normalized spacial score (nSPS) is 11.9. The number of halogens is 2. The van der Waals surface area contributed by atoms with Crippen LogP contribution in [0.3, 0.4) is 0 Å². The van der Waals surface area contributed by atoms with Gasteiger partial charge >= 0.3 is 5.97 Å². The minimum absolute atomic E-state index is 0.332. The first-order chi connectivity index (χ1) is 8.40.